The first kappa shape index (κ1) is 54.8. The zero-order valence-electron chi connectivity index (χ0n) is 34.1. The van der Waals surface area contributed by atoms with Gasteiger partial charge in [-0.05, 0) is 86.8 Å². The Hall–Kier alpha value is -0.142. The van der Waals surface area contributed by atoms with E-state index < -0.39 is 48.7 Å². The first-order valence-electron chi connectivity index (χ1n) is 20.0. The van der Waals surface area contributed by atoms with Gasteiger partial charge >= 0.3 is 0 Å². The number of benzene rings is 2. The van der Waals surface area contributed by atoms with Crippen LogP contribution in [-0.4, -0.2) is 86.1 Å². The van der Waals surface area contributed by atoms with Crippen LogP contribution in [0.15, 0.2) is 49.3 Å². The summed E-state index contributed by atoms with van der Waals surface area (Å²) in [7, 11) is 0. The number of aliphatic hydroxyl groups excluding tert-OH is 4. The summed E-state index contributed by atoms with van der Waals surface area (Å²) in [5.74, 6) is 0.968. The minimum Gasteiger partial charge on any atom is -0.487 e. The molecule has 0 saturated heterocycles. The molecule has 6 N–H and O–H groups in total. The normalized spacial score (nSPS) is 24.5. The van der Waals surface area contributed by atoms with E-state index in [0.29, 0.717) is 80.4 Å². The second kappa shape index (κ2) is 23.2. The number of nitrogen functional groups attached to an aromatic ring is 1. The Morgan fingerprint density at radius 3 is 1.44 bits per heavy atom. The summed E-state index contributed by atoms with van der Waals surface area (Å²) in [5.41, 5.74) is 10.0. The third-order valence-corrected chi connectivity index (χ3v) is 13.3. The molecule has 4 aliphatic carbocycles. The molecule has 0 spiro atoms. The number of ether oxygens (including phenoxy) is 2. The van der Waals surface area contributed by atoms with Crippen molar-refractivity contribution in [2.45, 2.75) is 113 Å². The summed E-state index contributed by atoms with van der Waals surface area (Å²) in [6.45, 7) is 0. The number of rotatable bonds is 6. The number of fused-ring (bicyclic) bond motifs is 4. The van der Waals surface area contributed by atoms with Crippen LogP contribution in [0.25, 0.3) is 22.1 Å². The van der Waals surface area contributed by atoms with E-state index in [0.717, 1.165) is 49.7 Å². The summed E-state index contributed by atoms with van der Waals surface area (Å²) < 4.78 is 44.0. The Balaban J connectivity index is 0.000000227. The molecule has 4 heterocycles. The Morgan fingerprint density at radius 2 is 0.969 bits per heavy atom. The molecule has 0 amide bonds. The fourth-order valence-corrected chi connectivity index (χ4v) is 10.3. The van der Waals surface area contributed by atoms with Crippen molar-refractivity contribution in [3.05, 3.63) is 98.4 Å². The van der Waals surface area contributed by atoms with E-state index in [9.17, 15) is 29.2 Å². The number of halogens is 5. The van der Waals surface area contributed by atoms with Crippen molar-refractivity contribution in [2.75, 3.05) is 5.73 Å². The molecular formula is C42H42Cl3F2N7O6U4. The zero-order valence-corrected chi connectivity index (χ0v) is 53.0. The van der Waals surface area contributed by atoms with Gasteiger partial charge in [-0.1, -0.05) is 34.8 Å². The van der Waals surface area contributed by atoms with Crippen LogP contribution in [0, 0.1) is 136 Å². The minimum absolute atomic E-state index is 0. The summed E-state index contributed by atoms with van der Waals surface area (Å²) >= 11 is 18.8. The van der Waals surface area contributed by atoms with E-state index in [1.54, 1.807) is 33.7 Å². The average molecular weight is 1840 g/mol. The Morgan fingerprint density at radius 1 is 0.562 bits per heavy atom. The molecule has 10 rings (SSSR count). The van der Waals surface area contributed by atoms with Gasteiger partial charge in [0.2, 0.25) is 0 Å². The predicted octanol–water partition coefficient (Wildman–Crippen LogP) is 6.67. The molecule has 4 aliphatic rings. The van der Waals surface area contributed by atoms with Crippen molar-refractivity contribution in [3.8, 4) is 11.5 Å². The Bertz CT molecular complexity index is 2440. The quantitative estimate of drug-likeness (QED) is 0.112. The Labute approximate surface area is 477 Å². The minimum atomic E-state index is -1.12. The molecule has 2 saturated carbocycles. The van der Waals surface area contributed by atoms with Gasteiger partial charge in [0.1, 0.15) is 94.7 Å². The third-order valence-electron chi connectivity index (χ3n) is 12.4. The summed E-state index contributed by atoms with van der Waals surface area (Å²) in [6, 6.07) is 5.02. The van der Waals surface area contributed by atoms with Gasteiger partial charge in [0.25, 0.3) is 0 Å². The van der Waals surface area contributed by atoms with E-state index in [1.807, 2.05) is 0 Å². The van der Waals surface area contributed by atoms with Crippen LogP contribution in [0.2, 0.25) is 15.2 Å². The van der Waals surface area contributed by atoms with Crippen molar-refractivity contribution in [3.63, 3.8) is 0 Å². The van der Waals surface area contributed by atoms with Gasteiger partial charge in [-0.2, -0.15) is 0 Å². The van der Waals surface area contributed by atoms with Crippen molar-refractivity contribution in [1.29, 1.82) is 0 Å². The first-order valence-corrected chi connectivity index (χ1v) is 21.1. The van der Waals surface area contributed by atoms with Crippen molar-refractivity contribution in [1.82, 2.24) is 29.1 Å². The van der Waals surface area contributed by atoms with Gasteiger partial charge < -0.3 is 44.8 Å². The fourth-order valence-electron chi connectivity index (χ4n) is 9.42. The number of nitrogens with two attached hydrogens (primary N) is 1. The molecule has 4 aromatic heterocycles. The smallest absolute Gasteiger partial charge is 0.147 e. The van der Waals surface area contributed by atoms with Crippen LogP contribution in [0.3, 0.4) is 0 Å². The molecular weight excluding hydrogens is 1790 g/mol. The van der Waals surface area contributed by atoms with Crippen LogP contribution >= 0.6 is 34.8 Å². The number of hydrogen-bond acceptors (Lipinski definition) is 11. The van der Waals surface area contributed by atoms with Gasteiger partial charge in [0, 0.05) is 161 Å². The predicted molar refractivity (Wildman–Crippen MR) is 221 cm³/mol. The van der Waals surface area contributed by atoms with Crippen molar-refractivity contribution >= 4 is 62.7 Å². The molecule has 0 unspecified atom stereocenters. The molecule has 22 heteroatoms. The first-order chi connectivity index (χ1) is 28.9. The van der Waals surface area contributed by atoms with Gasteiger partial charge in [-0.3, -0.25) is 0 Å². The fraction of sp³-hybridized carbons (Fsp3) is 0.429. The maximum Gasteiger partial charge on any atom is 0.147 e. The van der Waals surface area contributed by atoms with E-state index in [1.165, 1.54) is 24.8 Å². The molecule has 0 radical (unpaired) electrons. The monoisotopic (exact) mass is 1840 g/mol. The van der Waals surface area contributed by atoms with E-state index in [-0.39, 0.29) is 147 Å². The van der Waals surface area contributed by atoms with Crippen LogP contribution in [0.5, 0.6) is 11.5 Å². The number of nitrogens with zero attached hydrogens (tertiary/aromatic N) is 6. The summed E-state index contributed by atoms with van der Waals surface area (Å²) in [4.78, 5) is 16.4. The largest absolute Gasteiger partial charge is 0.487 e. The molecule has 332 valence electrons. The number of anilines is 1. The van der Waals surface area contributed by atoms with Crippen LogP contribution in [0.4, 0.5) is 14.6 Å². The maximum absolute atomic E-state index is 14.2. The molecule has 13 nitrogen and oxygen atoms in total. The topological polar surface area (TPSA) is 187 Å². The van der Waals surface area contributed by atoms with Crippen molar-refractivity contribution < 1.29 is 163 Å². The maximum atomic E-state index is 14.2. The molecule has 2 aromatic carbocycles. The van der Waals surface area contributed by atoms with Gasteiger partial charge in [-0.15, -0.1) is 0 Å². The second-order valence-corrected chi connectivity index (χ2v) is 17.1. The molecule has 64 heavy (non-hydrogen) atoms. The molecule has 0 bridgehead atoms. The van der Waals surface area contributed by atoms with Gasteiger partial charge in [0.15, 0.2) is 0 Å². The average Bonchev–Trinajstić information content (AvgIpc) is 3.95. The standard InChI is InChI=1S/C21H20Cl2FN3O3.C21H22ClFN4O3.4U/c22-12-8-27(21-17(12)20(23)25-9-26-21)14-7-16(19(29)18(14)28)30-15-6-5-13(24)10-3-1-2-4-11(10)15;22-12-8-27(21-17(12)20(24)25-9-26-21)14-7-16(19(29)18(14)28)30-15-6-5-13(23)10-3-1-2-4-11(10)15;;;;/h5-6,8-9,14,16,18-19,28-29H,1-4,7H2;5-6,8-9,14,16,18-19,28-29H,1-4,7H2,(H2,24,25,26);;;;/t2*14-,16+,18+,19-;;;;/m11..../s1. The van der Waals surface area contributed by atoms with E-state index in [2.05, 4.69) is 19.9 Å². The summed E-state index contributed by atoms with van der Waals surface area (Å²) in [6.07, 6.45) is 7.57. The number of aliphatic hydroxyl groups is 4. The van der Waals surface area contributed by atoms with Crippen LogP contribution in [0.1, 0.15) is 72.9 Å². The van der Waals surface area contributed by atoms with Gasteiger partial charge in [0.05, 0.1) is 32.9 Å². The molecule has 0 aliphatic heterocycles. The SMILES string of the molecule is Nc1ncnc2c1c(Cl)cn2[C@@H]1C[C@H](Oc2ccc(F)c3c2CCCC3)[C@@H](O)[C@H]1O.O[C@@H]1[C@H](O)[C@@H](Oc2ccc(F)c3c2CCCC3)C[C@H]1n1cc(Cl)c2c(Cl)ncnc21.[U].[U].[U].[U]. The molecule has 8 atom stereocenters. The second-order valence-electron chi connectivity index (χ2n) is 15.9. The van der Waals surface area contributed by atoms with E-state index >= 15 is 0 Å². The zero-order chi connectivity index (χ0) is 42.0. The van der Waals surface area contributed by atoms with Gasteiger partial charge in [-0.25, -0.2) is 28.7 Å². The molecule has 2 fully saturated rings. The Kier molecular flexibility index (Phi) is 19.8. The van der Waals surface area contributed by atoms with Crippen LogP contribution < -0.4 is 15.2 Å². The van der Waals surface area contributed by atoms with Crippen molar-refractivity contribution in [2.24, 2.45) is 0 Å². The third kappa shape index (κ3) is 10.5. The summed E-state index contributed by atoms with van der Waals surface area (Å²) in [5, 5.41) is 44.9. The number of hydrogen-bond donors (Lipinski definition) is 5. The van der Waals surface area contributed by atoms with Crippen LogP contribution in [-0.2, 0) is 25.7 Å². The number of aromatic nitrogens is 6. The molecule has 6 aromatic rings. The van der Waals surface area contributed by atoms with E-state index in [4.69, 9.17) is 50.0 Å².